The van der Waals surface area contributed by atoms with Gasteiger partial charge in [0.05, 0.1) is 6.61 Å². The molecule has 512 valence electrons. The number of hydrogen-bond acceptors (Lipinski definition) is 13. The molecule has 2 unspecified atom stereocenters. The van der Waals surface area contributed by atoms with Gasteiger partial charge >= 0.3 is 0 Å². The summed E-state index contributed by atoms with van der Waals surface area (Å²) in [6, 6.07) is 25.4. The monoisotopic (exact) mass is 1240 g/mol. The first-order valence-corrected chi connectivity index (χ1v) is 37.2. The average molecular weight is 1240 g/mol. The first kappa shape index (κ1) is 80.2. The maximum absolute atomic E-state index is 6.42. The Hall–Kier alpha value is -3.02. The smallest absolute Gasteiger partial charge is 0.119 e. The van der Waals surface area contributed by atoms with Crippen LogP contribution in [0.15, 0.2) is 66.7 Å². The van der Waals surface area contributed by atoms with E-state index in [9.17, 15) is 0 Å². The topological polar surface area (TPSA) is 154 Å². The van der Waals surface area contributed by atoms with Gasteiger partial charge < -0.3 is 68.5 Å². The van der Waals surface area contributed by atoms with Gasteiger partial charge in [-0.05, 0) is 270 Å². The molecule has 0 heterocycles. The molecule has 0 aliphatic rings. The molecule has 13 heteroatoms. The SMILES string of the molecule is CCCCCCCCNCCCNCCCNCc1cc(CNCCCNCCCNCC(CCCCCC)C(CCNCCCNCc2cc(CNCCCNCCCNCC(C)C)cc(OCC(CC)CC)c2)NCC(C)C)cc(-c2ccccc2)c1. The van der Waals surface area contributed by atoms with Crippen LogP contribution in [0.1, 0.15) is 212 Å². The highest BCUT2D eigenvalue weighted by Crippen LogP contribution is 2.24. The van der Waals surface area contributed by atoms with E-state index in [-0.39, 0.29) is 0 Å². The zero-order valence-corrected chi connectivity index (χ0v) is 59.0. The predicted octanol–water partition coefficient (Wildman–Crippen LogP) is 12.7. The Morgan fingerprint density at radius 1 is 0.337 bits per heavy atom. The summed E-state index contributed by atoms with van der Waals surface area (Å²) in [4.78, 5) is 0. The van der Waals surface area contributed by atoms with Crippen LogP contribution in [0.4, 0.5) is 0 Å². The van der Waals surface area contributed by atoms with E-state index in [2.05, 4.69) is 186 Å². The van der Waals surface area contributed by atoms with Crippen molar-refractivity contribution in [1.82, 2.24) is 63.8 Å². The summed E-state index contributed by atoms with van der Waals surface area (Å²) in [5.74, 6) is 3.58. The standard InChI is InChI=1S/C76H142N12O/c1-9-13-15-17-18-23-35-77-36-24-37-78-39-26-45-83-59-68-51-69(54-74(53-68)72-31-21-19-22-32-72)60-84-46-27-40-80-42-29-49-87-63-73(33-20-16-14-10-2)76(88-58-66(7)8)34-50-81-43-30-48-86-62-71-52-70(55-75(56-71)89-64-67(11-3)12-4)61-85-47-28-41-79-38-25-44-82-57-65(5)6/h19,21-22,31-32,51-56,65-67,73,76-88H,9-18,20,23-30,33-50,57-64H2,1-8H3. The molecule has 0 radical (unpaired) electrons. The van der Waals surface area contributed by atoms with Crippen molar-refractivity contribution in [2.45, 2.75) is 222 Å². The molecular formula is C76H142N12O. The molecule has 0 bridgehead atoms. The van der Waals surface area contributed by atoms with Crippen LogP contribution in [0.3, 0.4) is 0 Å². The number of benzene rings is 3. The van der Waals surface area contributed by atoms with Gasteiger partial charge in [0.15, 0.2) is 0 Å². The van der Waals surface area contributed by atoms with Gasteiger partial charge in [0, 0.05) is 32.2 Å². The first-order chi connectivity index (χ1) is 43.7. The van der Waals surface area contributed by atoms with Gasteiger partial charge in [-0.3, -0.25) is 0 Å². The molecule has 3 aromatic rings. The number of nitrogens with one attached hydrogen (secondary N) is 12. The summed E-state index contributed by atoms with van der Waals surface area (Å²) in [5.41, 5.74) is 7.91. The predicted molar refractivity (Wildman–Crippen MR) is 389 cm³/mol. The van der Waals surface area contributed by atoms with Crippen LogP contribution in [0.5, 0.6) is 5.75 Å². The van der Waals surface area contributed by atoms with Crippen LogP contribution >= 0.6 is 0 Å². The minimum atomic E-state index is 0.512. The van der Waals surface area contributed by atoms with Crippen molar-refractivity contribution in [1.29, 1.82) is 0 Å². The molecule has 0 saturated carbocycles. The van der Waals surface area contributed by atoms with E-state index >= 15 is 0 Å². The molecule has 0 saturated heterocycles. The van der Waals surface area contributed by atoms with Crippen molar-refractivity contribution in [2.75, 3.05) is 131 Å². The fourth-order valence-electron chi connectivity index (χ4n) is 11.6. The van der Waals surface area contributed by atoms with Crippen molar-refractivity contribution in [3.05, 3.63) is 89.0 Å². The third-order valence-electron chi connectivity index (χ3n) is 17.2. The molecule has 0 aliphatic heterocycles. The molecule has 0 aromatic heterocycles. The zero-order valence-electron chi connectivity index (χ0n) is 59.0. The van der Waals surface area contributed by atoms with E-state index in [0.29, 0.717) is 29.7 Å². The Balaban J connectivity index is 1.34. The summed E-state index contributed by atoms with van der Waals surface area (Å²) in [7, 11) is 0. The summed E-state index contributed by atoms with van der Waals surface area (Å²) >= 11 is 0. The molecular weight excluding hydrogens is 1100 g/mol. The molecule has 0 spiro atoms. The van der Waals surface area contributed by atoms with Crippen LogP contribution in [0.2, 0.25) is 0 Å². The molecule has 0 fully saturated rings. The Morgan fingerprint density at radius 3 is 1.19 bits per heavy atom. The lowest BCUT2D eigenvalue weighted by Gasteiger charge is -2.30. The second kappa shape index (κ2) is 57.6. The van der Waals surface area contributed by atoms with Crippen molar-refractivity contribution in [3.8, 4) is 16.9 Å². The Morgan fingerprint density at radius 2 is 0.730 bits per heavy atom. The van der Waals surface area contributed by atoms with Gasteiger partial charge in [-0.15, -0.1) is 0 Å². The molecule has 89 heavy (non-hydrogen) atoms. The maximum Gasteiger partial charge on any atom is 0.119 e. The summed E-state index contributed by atoms with van der Waals surface area (Å²) in [6.07, 6.45) is 26.3. The summed E-state index contributed by atoms with van der Waals surface area (Å²) in [6.45, 7) is 42.8. The molecule has 12 N–H and O–H groups in total. The van der Waals surface area contributed by atoms with Gasteiger partial charge in [0.2, 0.25) is 0 Å². The van der Waals surface area contributed by atoms with Crippen LogP contribution in [-0.4, -0.2) is 137 Å². The highest BCUT2D eigenvalue weighted by molar-refractivity contribution is 5.65. The normalized spacial score (nSPS) is 12.6. The third-order valence-corrected chi connectivity index (χ3v) is 17.2. The van der Waals surface area contributed by atoms with Gasteiger partial charge in [0.1, 0.15) is 5.75 Å². The molecule has 0 aliphatic carbocycles. The molecule has 3 aromatic carbocycles. The van der Waals surface area contributed by atoms with E-state index < -0.39 is 0 Å². The van der Waals surface area contributed by atoms with E-state index in [0.717, 1.165) is 208 Å². The number of hydrogen-bond donors (Lipinski definition) is 12. The second-order valence-corrected chi connectivity index (χ2v) is 26.7. The highest BCUT2D eigenvalue weighted by Gasteiger charge is 2.21. The van der Waals surface area contributed by atoms with E-state index in [1.165, 1.54) is 123 Å². The Labute approximate surface area is 548 Å². The van der Waals surface area contributed by atoms with Crippen LogP contribution < -0.4 is 68.5 Å². The van der Waals surface area contributed by atoms with Crippen molar-refractivity contribution >= 4 is 0 Å². The quantitative estimate of drug-likeness (QED) is 0.0243. The molecule has 0 amide bonds. The molecule has 2 atom stereocenters. The van der Waals surface area contributed by atoms with E-state index in [4.69, 9.17) is 4.74 Å². The number of unbranched alkanes of at least 4 members (excludes halogenated alkanes) is 8. The minimum absolute atomic E-state index is 0.512. The fourth-order valence-corrected chi connectivity index (χ4v) is 11.6. The van der Waals surface area contributed by atoms with Gasteiger partial charge in [0.25, 0.3) is 0 Å². The first-order valence-electron chi connectivity index (χ1n) is 37.2. The fraction of sp³-hybridized carbons (Fsp3) is 0.763. The number of ether oxygens (including phenoxy) is 1. The summed E-state index contributed by atoms with van der Waals surface area (Å²) in [5, 5.41) is 45.0. The third kappa shape index (κ3) is 45.0. The summed E-state index contributed by atoms with van der Waals surface area (Å²) < 4.78 is 6.42. The lowest BCUT2D eigenvalue weighted by molar-refractivity contribution is 0.240. The van der Waals surface area contributed by atoms with Gasteiger partial charge in [-0.1, -0.05) is 168 Å². The van der Waals surface area contributed by atoms with Crippen molar-refractivity contribution in [3.63, 3.8) is 0 Å². The lowest BCUT2D eigenvalue weighted by Crippen LogP contribution is -2.44. The van der Waals surface area contributed by atoms with Crippen LogP contribution in [-0.2, 0) is 26.2 Å². The minimum Gasteiger partial charge on any atom is -0.493 e. The van der Waals surface area contributed by atoms with Crippen LogP contribution in [0.25, 0.3) is 11.1 Å². The highest BCUT2D eigenvalue weighted by atomic mass is 16.5. The Kier molecular flexibility index (Phi) is 51.9. The molecule has 13 nitrogen and oxygen atoms in total. The lowest BCUT2D eigenvalue weighted by atomic mass is 9.90. The second-order valence-electron chi connectivity index (χ2n) is 26.7. The average Bonchev–Trinajstić information content (AvgIpc) is 3.33. The Bertz CT molecular complexity index is 2000. The van der Waals surface area contributed by atoms with E-state index in [1.807, 2.05) is 0 Å². The number of rotatable bonds is 65. The van der Waals surface area contributed by atoms with Crippen LogP contribution in [0, 0.1) is 23.7 Å². The zero-order chi connectivity index (χ0) is 63.7. The maximum atomic E-state index is 6.42. The van der Waals surface area contributed by atoms with Crippen molar-refractivity contribution in [2.24, 2.45) is 23.7 Å². The van der Waals surface area contributed by atoms with Crippen molar-refractivity contribution < 1.29 is 4.74 Å². The van der Waals surface area contributed by atoms with Gasteiger partial charge in [-0.25, -0.2) is 0 Å². The van der Waals surface area contributed by atoms with Gasteiger partial charge in [-0.2, -0.15) is 0 Å². The largest absolute Gasteiger partial charge is 0.493 e. The molecule has 3 rings (SSSR count). The van der Waals surface area contributed by atoms with E-state index in [1.54, 1.807) is 0 Å².